The Labute approximate surface area is 116 Å². The molecule has 1 atom stereocenters. The lowest BCUT2D eigenvalue weighted by atomic mass is 9.93. The average Bonchev–Trinajstić information content (AvgIpc) is 2.68. The monoisotopic (exact) mass is 290 g/mol. The Kier molecular flexibility index (Phi) is 5.22. The summed E-state index contributed by atoms with van der Waals surface area (Å²) in [5.74, 6) is 0.246. The van der Waals surface area contributed by atoms with Crippen LogP contribution in [-0.4, -0.2) is 54.4 Å². The molecule has 0 aromatic heterocycles. The third-order valence-corrected chi connectivity index (χ3v) is 6.43. The summed E-state index contributed by atoms with van der Waals surface area (Å²) in [6.07, 6.45) is 5.43. The normalized spacial score (nSPS) is 27.1. The molecule has 2 fully saturated rings. The Hall–Kier alpha value is -0.170. The molecule has 0 radical (unpaired) electrons. The zero-order valence-electron chi connectivity index (χ0n) is 11.8. The second-order valence-corrected chi connectivity index (χ2v) is 7.73. The summed E-state index contributed by atoms with van der Waals surface area (Å²) in [5.41, 5.74) is 0. The van der Waals surface area contributed by atoms with Crippen molar-refractivity contribution in [2.24, 2.45) is 5.92 Å². The quantitative estimate of drug-likeness (QED) is 0.849. The van der Waals surface area contributed by atoms with Crippen LogP contribution < -0.4 is 0 Å². The van der Waals surface area contributed by atoms with Gasteiger partial charge in [0.1, 0.15) is 0 Å². The van der Waals surface area contributed by atoms with Crippen molar-refractivity contribution in [2.45, 2.75) is 51.6 Å². The van der Waals surface area contributed by atoms with E-state index in [4.69, 9.17) is 0 Å². The number of piperidine rings is 1. The molecule has 19 heavy (non-hydrogen) atoms. The fraction of sp³-hybridized carbons (Fsp3) is 1.00. The highest BCUT2D eigenvalue weighted by molar-refractivity contribution is 7.86. The molecule has 2 saturated heterocycles. The van der Waals surface area contributed by atoms with Gasteiger partial charge in [0, 0.05) is 26.2 Å². The Bertz CT molecular complexity index is 367. The van der Waals surface area contributed by atoms with Crippen molar-refractivity contribution in [2.75, 3.05) is 26.2 Å². The largest absolute Gasteiger partial charge is 0.393 e. The van der Waals surface area contributed by atoms with Crippen LogP contribution in [0.1, 0.15) is 45.4 Å². The standard InChI is InChI=1S/C13H26N2O3S/c1-12(16)13-6-10-15(11-7-13)19(17,18)14-8-4-2-3-5-9-14/h12-13,16H,2-11H2,1H3. The predicted octanol–water partition coefficient (Wildman–Crippen LogP) is 1.20. The van der Waals surface area contributed by atoms with E-state index in [0.717, 1.165) is 38.5 Å². The van der Waals surface area contributed by atoms with Crippen molar-refractivity contribution in [1.29, 1.82) is 0 Å². The van der Waals surface area contributed by atoms with E-state index in [1.807, 2.05) is 0 Å². The second-order valence-electron chi connectivity index (χ2n) is 5.80. The molecular formula is C13H26N2O3S. The van der Waals surface area contributed by atoms with Crippen molar-refractivity contribution < 1.29 is 13.5 Å². The van der Waals surface area contributed by atoms with Crippen molar-refractivity contribution >= 4 is 10.2 Å². The number of aliphatic hydroxyl groups excluding tert-OH is 1. The molecular weight excluding hydrogens is 264 g/mol. The van der Waals surface area contributed by atoms with E-state index in [1.165, 1.54) is 0 Å². The van der Waals surface area contributed by atoms with Gasteiger partial charge in [-0.1, -0.05) is 12.8 Å². The van der Waals surface area contributed by atoms with Gasteiger partial charge in [0.25, 0.3) is 10.2 Å². The van der Waals surface area contributed by atoms with E-state index in [0.29, 0.717) is 26.2 Å². The molecule has 0 saturated carbocycles. The minimum absolute atomic E-state index is 0.246. The zero-order chi connectivity index (χ0) is 13.9. The molecule has 0 aliphatic carbocycles. The van der Waals surface area contributed by atoms with Crippen LogP contribution in [-0.2, 0) is 10.2 Å². The van der Waals surface area contributed by atoms with E-state index >= 15 is 0 Å². The van der Waals surface area contributed by atoms with Crippen LogP contribution >= 0.6 is 0 Å². The van der Waals surface area contributed by atoms with Crippen LogP contribution in [0.5, 0.6) is 0 Å². The molecule has 0 amide bonds. The highest BCUT2D eigenvalue weighted by Crippen LogP contribution is 2.25. The second kappa shape index (κ2) is 6.52. The number of nitrogens with zero attached hydrogens (tertiary/aromatic N) is 2. The lowest BCUT2D eigenvalue weighted by Crippen LogP contribution is -2.48. The molecule has 2 heterocycles. The third kappa shape index (κ3) is 3.68. The molecule has 5 nitrogen and oxygen atoms in total. The van der Waals surface area contributed by atoms with Gasteiger partial charge in [-0.25, -0.2) is 0 Å². The van der Waals surface area contributed by atoms with Crippen LogP contribution in [0.2, 0.25) is 0 Å². The fourth-order valence-corrected chi connectivity index (χ4v) is 4.74. The van der Waals surface area contributed by atoms with Crippen LogP contribution in [0.4, 0.5) is 0 Å². The maximum atomic E-state index is 12.6. The van der Waals surface area contributed by atoms with Gasteiger partial charge >= 0.3 is 0 Å². The predicted molar refractivity (Wildman–Crippen MR) is 74.9 cm³/mol. The Balaban J connectivity index is 1.96. The summed E-state index contributed by atoms with van der Waals surface area (Å²) in [6, 6.07) is 0. The van der Waals surface area contributed by atoms with E-state index in [1.54, 1.807) is 15.5 Å². The SMILES string of the molecule is CC(O)C1CCN(S(=O)(=O)N2CCCCCC2)CC1. The first-order valence-electron chi connectivity index (χ1n) is 7.45. The van der Waals surface area contributed by atoms with Gasteiger partial charge in [-0.15, -0.1) is 0 Å². The summed E-state index contributed by atoms with van der Waals surface area (Å²) in [4.78, 5) is 0. The summed E-state index contributed by atoms with van der Waals surface area (Å²) >= 11 is 0. The van der Waals surface area contributed by atoms with Crippen LogP contribution in [0.25, 0.3) is 0 Å². The topological polar surface area (TPSA) is 60.9 Å². The lowest BCUT2D eigenvalue weighted by molar-refractivity contribution is 0.0898. The molecule has 2 aliphatic heterocycles. The molecule has 112 valence electrons. The van der Waals surface area contributed by atoms with Crippen molar-refractivity contribution in [3.8, 4) is 0 Å². The molecule has 1 unspecified atom stereocenters. The first kappa shape index (κ1) is 15.2. The fourth-order valence-electron chi connectivity index (χ4n) is 3.02. The highest BCUT2D eigenvalue weighted by atomic mass is 32.2. The van der Waals surface area contributed by atoms with Gasteiger partial charge in [-0.2, -0.15) is 17.0 Å². The van der Waals surface area contributed by atoms with Gasteiger partial charge in [0.2, 0.25) is 0 Å². The Morgan fingerprint density at radius 3 is 1.89 bits per heavy atom. The van der Waals surface area contributed by atoms with Gasteiger partial charge in [0.15, 0.2) is 0 Å². The van der Waals surface area contributed by atoms with Gasteiger partial charge in [0.05, 0.1) is 6.10 Å². The highest BCUT2D eigenvalue weighted by Gasteiger charge is 2.33. The smallest absolute Gasteiger partial charge is 0.281 e. The lowest BCUT2D eigenvalue weighted by Gasteiger charge is -2.35. The maximum Gasteiger partial charge on any atom is 0.281 e. The molecule has 0 bridgehead atoms. The first-order valence-corrected chi connectivity index (χ1v) is 8.85. The van der Waals surface area contributed by atoms with Crippen LogP contribution in [0.3, 0.4) is 0 Å². The number of aliphatic hydroxyl groups is 1. The Morgan fingerprint density at radius 2 is 1.42 bits per heavy atom. The van der Waals surface area contributed by atoms with Crippen LogP contribution in [0.15, 0.2) is 0 Å². The molecule has 2 rings (SSSR count). The van der Waals surface area contributed by atoms with Crippen LogP contribution in [0, 0.1) is 5.92 Å². The summed E-state index contributed by atoms with van der Waals surface area (Å²) in [6.45, 7) is 4.23. The minimum Gasteiger partial charge on any atom is -0.393 e. The molecule has 6 heteroatoms. The van der Waals surface area contributed by atoms with Gasteiger partial charge in [-0.05, 0) is 38.5 Å². The van der Waals surface area contributed by atoms with Crippen molar-refractivity contribution in [1.82, 2.24) is 8.61 Å². The summed E-state index contributed by atoms with van der Waals surface area (Å²) < 4.78 is 28.4. The summed E-state index contributed by atoms with van der Waals surface area (Å²) in [7, 11) is -3.27. The van der Waals surface area contributed by atoms with Crippen molar-refractivity contribution in [3.05, 3.63) is 0 Å². The molecule has 2 aliphatic rings. The zero-order valence-corrected chi connectivity index (χ0v) is 12.6. The Morgan fingerprint density at radius 1 is 0.947 bits per heavy atom. The van der Waals surface area contributed by atoms with Gasteiger partial charge < -0.3 is 5.11 Å². The van der Waals surface area contributed by atoms with Crippen molar-refractivity contribution in [3.63, 3.8) is 0 Å². The maximum absolute atomic E-state index is 12.6. The van der Waals surface area contributed by atoms with E-state index in [-0.39, 0.29) is 12.0 Å². The number of rotatable bonds is 3. The van der Waals surface area contributed by atoms with E-state index in [2.05, 4.69) is 0 Å². The molecule has 0 spiro atoms. The third-order valence-electron chi connectivity index (χ3n) is 4.40. The number of hydrogen-bond donors (Lipinski definition) is 1. The molecule has 0 aromatic rings. The summed E-state index contributed by atoms with van der Waals surface area (Å²) in [5, 5.41) is 9.57. The van der Waals surface area contributed by atoms with E-state index in [9.17, 15) is 13.5 Å². The minimum atomic E-state index is -3.27. The average molecular weight is 290 g/mol. The first-order chi connectivity index (χ1) is 9.01. The van der Waals surface area contributed by atoms with Gasteiger partial charge in [-0.3, -0.25) is 0 Å². The number of hydrogen-bond acceptors (Lipinski definition) is 3. The molecule has 0 aromatic carbocycles. The van der Waals surface area contributed by atoms with E-state index < -0.39 is 10.2 Å². The molecule has 1 N–H and O–H groups in total.